The van der Waals surface area contributed by atoms with Gasteiger partial charge in [-0.1, -0.05) is 48.0 Å². The standard InChI is InChI=1S/C22H18N4O2S/c1-14-8-10-16(11-9-14)20-15(2)29-22(23-20)24-21(28)18-12-13-19(27)26(25-18)17-6-4-3-5-7-17/h3-13H,1-2H3,(H,23,24,28). The first-order valence-corrected chi connectivity index (χ1v) is 9.84. The summed E-state index contributed by atoms with van der Waals surface area (Å²) in [5.41, 5.74) is 3.44. The lowest BCUT2D eigenvalue weighted by Crippen LogP contribution is -2.24. The van der Waals surface area contributed by atoms with Crippen LogP contribution >= 0.6 is 11.3 Å². The van der Waals surface area contributed by atoms with Gasteiger partial charge in [-0.05, 0) is 32.0 Å². The molecule has 0 saturated heterocycles. The lowest BCUT2D eigenvalue weighted by Gasteiger charge is -2.06. The molecule has 0 aliphatic rings. The highest BCUT2D eigenvalue weighted by Gasteiger charge is 2.15. The van der Waals surface area contributed by atoms with Crippen LogP contribution in [0.3, 0.4) is 0 Å². The lowest BCUT2D eigenvalue weighted by atomic mass is 10.1. The molecule has 2 aromatic heterocycles. The van der Waals surface area contributed by atoms with Crippen molar-refractivity contribution in [3.63, 3.8) is 0 Å². The van der Waals surface area contributed by atoms with Crippen LogP contribution in [0.15, 0.2) is 71.5 Å². The molecule has 0 bridgehead atoms. The third kappa shape index (κ3) is 4.00. The van der Waals surface area contributed by atoms with Crippen LogP contribution in [0.5, 0.6) is 0 Å². The number of anilines is 1. The van der Waals surface area contributed by atoms with Crippen molar-refractivity contribution in [3.8, 4) is 16.9 Å². The van der Waals surface area contributed by atoms with Gasteiger partial charge in [-0.25, -0.2) is 4.98 Å². The molecule has 29 heavy (non-hydrogen) atoms. The van der Waals surface area contributed by atoms with Gasteiger partial charge in [-0.15, -0.1) is 11.3 Å². The second-order valence-electron chi connectivity index (χ2n) is 6.55. The van der Waals surface area contributed by atoms with E-state index in [4.69, 9.17) is 0 Å². The maximum Gasteiger partial charge on any atom is 0.277 e. The van der Waals surface area contributed by atoms with Crippen LogP contribution in [-0.4, -0.2) is 20.7 Å². The van der Waals surface area contributed by atoms with Crippen LogP contribution in [-0.2, 0) is 0 Å². The molecule has 0 radical (unpaired) electrons. The van der Waals surface area contributed by atoms with Gasteiger partial charge in [-0.2, -0.15) is 9.78 Å². The highest BCUT2D eigenvalue weighted by molar-refractivity contribution is 7.16. The summed E-state index contributed by atoms with van der Waals surface area (Å²) in [6.07, 6.45) is 0. The Labute approximate surface area is 171 Å². The summed E-state index contributed by atoms with van der Waals surface area (Å²) in [6.45, 7) is 4.00. The molecule has 0 unspecified atom stereocenters. The first kappa shape index (κ1) is 18.8. The molecular formula is C22H18N4O2S. The van der Waals surface area contributed by atoms with Crippen molar-refractivity contribution in [2.45, 2.75) is 13.8 Å². The smallest absolute Gasteiger partial charge is 0.277 e. The third-order valence-corrected chi connectivity index (χ3v) is 5.26. The fourth-order valence-corrected chi connectivity index (χ4v) is 3.71. The predicted octanol–water partition coefficient (Wildman–Crippen LogP) is 4.23. The van der Waals surface area contributed by atoms with E-state index in [1.54, 1.807) is 24.3 Å². The van der Waals surface area contributed by atoms with Gasteiger partial charge in [0.1, 0.15) is 5.69 Å². The number of nitrogens with one attached hydrogen (secondary N) is 1. The van der Waals surface area contributed by atoms with Crippen LogP contribution in [0.25, 0.3) is 16.9 Å². The topological polar surface area (TPSA) is 76.9 Å². The number of carbonyl (C=O) groups excluding carboxylic acids is 1. The summed E-state index contributed by atoms with van der Waals surface area (Å²) < 4.78 is 1.21. The van der Waals surface area contributed by atoms with Gasteiger partial charge in [0.15, 0.2) is 5.13 Å². The Kier molecular flexibility index (Phi) is 5.05. The van der Waals surface area contributed by atoms with Crippen LogP contribution < -0.4 is 10.9 Å². The zero-order valence-corrected chi connectivity index (χ0v) is 16.7. The Morgan fingerprint density at radius 1 is 0.966 bits per heavy atom. The quantitative estimate of drug-likeness (QED) is 0.554. The number of hydrogen-bond donors (Lipinski definition) is 1. The SMILES string of the molecule is Cc1ccc(-c2nc(NC(=O)c3ccc(=O)n(-c4ccccc4)n3)sc2C)cc1. The molecule has 144 valence electrons. The zero-order valence-electron chi connectivity index (χ0n) is 15.9. The number of aromatic nitrogens is 3. The van der Waals surface area contributed by atoms with Crippen molar-refractivity contribution >= 4 is 22.4 Å². The highest BCUT2D eigenvalue weighted by atomic mass is 32.1. The second-order valence-corrected chi connectivity index (χ2v) is 7.75. The first-order valence-electron chi connectivity index (χ1n) is 9.03. The number of hydrogen-bond acceptors (Lipinski definition) is 5. The Morgan fingerprint density at radius 3 is 2.41 bits per heavy atom. The summed E-state index contributed by atoms with van der Waals surface area (Å²) in [5, 5.41) is 7.48. The largest absolute Gasteiger partial charge is 0.296 e. The van der Waals surface area contributed by atoms with Gasteiger partial charge in [0.25, 0.3) is 11.5 Å². The molecule has 4 aromatic rings. The van der Waals surface area contributed by atoms with Gasteiger partial charge >= 0.3 is 0 Å². The molecule has 7 heteroatoms. The van der Waals surface area contributed by atoms with Crippen molar-refractivity contribution in [2.24, 2.45) is 0 Å². The Morgan fingerprint density at radius 2 is 1.69 bits per heavy atom. The summed E-state index contributed by atoms with van der Waals surface area (Å²) in [6, 6.07) is 19.8. The molecule has 0 fully saturated rings. The first-order chi connectivity index (χ1) is 14.0. The lowest BCUT2D eigenvalue weighted by molar-refractivity contribution is 0.102. The monoisotopic (exact) mass is 402 g/mol. The molecule has 0 aliphatic carbocycles. The number of para-hydroxylation sites is 1. The molecule has 1 amide bonds. The minimum Gasteiger partial charge on any atom is -0.296 e. The average Bonchev–Trinajstić information content (AvgIpc) is 3.09. The summed E-state index contributed by atoms with van der Waals surface area (Å²) in [5.74, 6) is -0.418. The van der Waals surface area contributed by atoms with Gasteiger partial charge in [0.2, 0.25) is 0 Å². The number of aryl methyl sites for hydroxylation is 2. The molecule has 2 aromatic carbocycles. The molecule has 0 spiro atoms. The second kappa shape index (κ2) is 7.81. The minimum atomic E-state index is -0.418. The average molecular weight is 402 g/mol. The van der Waals surface area contributed by atoms with Crippen LogP contribution in [0, 0.1) is 13.8 Å². The minimum absolute atomic E-state index is 0.137. The molecule has 0 atom stereocenters. The van der Waals surface area contributed by atoms with E-state index in [0.29, 0.717) is 10.8 Å². The maximum atomic E-state index is 12.7. The van der Waals surface area contributed by atoms with Crippen molar-refractivity contribution in [3.05, 3.63) is 93.2 Å². The molecule has 0 saturated carbocycles. The van der Waals surface area contributed by atoms with Gasteiger partial charge in [0, 0.05) is 16.5 Å². The van der Waals surface area contributed by atoms with E-state index in [1.807, 2.05) is 44.2 Å². The molecule has 2 heterocycles. The molecular weight excluding hydrogens is 384 g/mol. The molecule has 6 nitrogen and oxygen atoms in total. The number of nitrogens with zero attached hydrogens (tertiary/aromatic N) is 3. The van der Waals surface area contributed by atoms with Crippen molar-refractivity contribution < 1.29 is 4.79 Å². The van der Waals surface area contributed by atoms with E-state index in [-0.39, 0.29) is 11.3 Å². The van der Waals surface area contributed by atoms with E-state index in [9.17, 15) is 9.59 Å². The number of rotatable bonds is 4. The zero-order chi connectivity index (χ0) is 20.4. The van der Waals surface area contributed by atoms with E-state index >= 15 is 0 Å². The highest BCUT2D eigenvalue weighted by Crippen LogP contribution is 2.30. The van der Waals surface area contributed by atoms with Crippen LogP contribution in [0.1, 0.15) is 20.9 Å². The number of carbonyl (C=O) groups is 1. The van der Waals surface area contributed by atoms with Crippen molar-refractivity contribution in [2.75, 3.05) is 5.32 Å². The number of amides is 1. The van der Waals surface area contributed by atoms with Gasteiger partial charge in [0.05, 0.1) is 11.4 Å². The maximum absolute atomic E-state index is 12.7. The Balaban J connectivity index is 1.60. The summed E-state index contributed by atoms with van der Waals surface area (Å²) >= 11 is 1.40. The van der Waals surface area contributed by atoms with E-state index in [1.165, 1.54) is 33.7 Å². The van der Waals surface area contributed by atoms with Gasteiger partial charge in [-0.3, -0.25) is 14.9 Å². The third-order valence-electron chi connectivity index (χ3n) is 4.38. The molecule has 1 N–H and O–H groups in total. The fraction of sp³-hybridized carbons (Fsp3) is 0.0909. The van der Waals surface area contributed by atoms with E-state index in [2.05, 4.69) is 15.4 Å². The molecule has 0 aliphatic heterocycles. The normalized spacial score (nSPS) is 10.7. The van der Waals surface area contributed by atoms with Crippen LogP contribution in [0.2, 0.25) is 0 Å². The molecule has 4 rings (SSSR count). The summed E-state index contributed by atoms with van der Waals surface area (Å²) in [7, 11) is 0. The van der Waals surface area contributed by atoms with Crippen molar-refractivity contribution in [1.82, 2.24) is 14.8 Å². The Bertz CT molecular complexity index is 1230. The summed E-state index contributed by atoms with van der Waals surface area (Å²) in [4.78, 5) is 30.4. The number of benzene rings is 2. The van der Waals surface area contributed by atoms with E-state index < -0.39 is 5.91 Å². The fourth-order valence-electron chi connectivity index (χ4n) is 2.88. The number of thiazole rings is 1. The Hall–Kier alpha value is -3.58. The predicted molar refractivity (Wildman–Crippen MR) is 115 cm³/mol. The van der Waals surface area contributed by atoms with Crippen molar-refractivity contribution in [1.29, 1.82) is 0 Å². The van der Waals surface area contributed by atoms with Gasteiger partial charge < -0.3 is 0 Å². The van der Waals surface area contributed by atoms with E-state index in [0.717, 1.165) is 16.1 Å². The van der Waals surface area contributed by atoms with Crippen LogP contribution in [0.4, 0.5) is 5.13 Å².